The Bertz CT molecular complexity index is 329. The van der Waals surface area contributed by atoms with Gasteiger partial charge in [0.25, 0.3) is 0 Å². The lowest BCUT2D eigenvalue weighted by molar-refractivity contribution is 0.154. The Labute approximate surface area is 91.4 Å². The first kappa shape index (κ1) is 10.7. The van der Waals surface area contributed by atoms with Crippen molar-refractivity contribution < 1.29 is 4.74 Å². The van der Waals surface area contributed by atoms with Crippen LogP contribution in [-0.2, 0) is 11.2 Å². The molecule has 2 N–H and O–H groups in total. The number of rotatable bonds is 3. The number of hydrogen-bond donors (Lipinski definition) is 1. The van der Waals surface area contributed by atoms with Gasteiger partial charge in [-0.2, -0.15) is 0 Å². The second kappa shape index (κ2) is 4.33. The van der Waals surface area contributed by atoms with Crippen molar-refractivity contribution in [3.8, 4) is 0 Å². The topological polar surface area (TPSA) is 35.2 Å². The Morgan fingerprint density at radius 3 is 2.80 bits per heavy atom. The lowest BCUT2D eigenvalue weighted by atomic mass is 9.80. The van der Waals surface area contributed by atoms with Gasteiger partial charge in [-0.15, -0.1) is 0 Å². The molecule has 1 aliphatic heterocycles. The second-order valence-corrected chi connectivity index (χ2v) is 4.61. The fourth-order valence-corrected chi connectivity index (χ4v) is 2.23. The van der Waals surface area contributed by atoms with Crippen molar-refractivity contribution in [2.45, 2.75) is 19.8 Å². The lowest BCUT2D eigenvalue weighted by Crippen LogP contribution is -2.33. The molecule has 0 bridgehead atoms. The maximum atomic E-state index is 5.89. The molecule has 82 valence electrons. The van der Waals surface area contributed by atoms with E-state index in [0.717, 1.165) is 32.6 Å². The van der Waals surface area contributed by atoms with E-state index in [4.69, 9.17) is 10.5 Å². The van der Waals surface area contributed by atoms with Crippen LogP contribution in [0.4, 0.5) is 0 Å². The van der Waals surface area contributed by atoms with E-state index in [1.807, 2.05) is 0 Å². The summed E-state index contributed by atoms with van der Waals surface area (Å²) >= 11 is 0. The number of nitrogens with two attached hydrogens (primary N) is 1. The van der Waals surface area contributed by atoms with Gasteiger partial charge in [0, 0.05) is 18.6 Å². The number of aryl methyl sites for hydroxylation is 1. The van der Waals surface area contributed by atoms with Crippen LogP contribution in [0.3, 0.4) is 0 Å². The van der Waals surface area contributed by atoms with Crippen LogP contribution < -0.4 is 5.73 Å². The highest BCUT2D eigenvalue weighted by Crippen LogP contribution is 2.32. The largest absolute Gasteiger partial charge is 0.381 e. The highest BCUT2D eigenvalue weighted by atomic mass is 16.5. The van der Waals surface area contributed by atoms with E-state index in [-0.39, 0.29) is 5.41 Å². The van der Waals surface area contributed by atoms with Crippen LogP contribution >= 0.6 is 0 Å². The molecule has 1 heterocycles. The van der Waals surface area contributed by atoms with Gasteiger partial charge in [-0.05, 0) is 30.9 Å². The summed E-state index contributed by atoms with van der Waals surface area (Å²) in [6.45, 7) is 4.57. The summed E-state index contributed by atoms with van der Waals surface area (Å²) in [5.74, 6) is 0. The van der Waals surface area contributed by atoms with Gasteiger partial charge in [-0.1, -0.05) is 24.3 Å². The molecule has 2 heteroatoms. The Hall–Kier alpha value is -0.860. The van der Waals surface area contributed by atoms with E-state index in [9.17, 15) is 0 Å². The third kappa shape index (κ3) is 2.21. The van der Waals surface area contributed by atoms with E-state index in [1.54, 1.807) is 0 Å². The molecule has 1 aromatic carbocycles. The van der Waals surface area contributed by atoms with Gasteiger partial charge in [-0.25, -0.2) is 0 Å². The van der Waals surface area contributed by atoms with Crippen LogP contribution in [-0.4, -0.2) is 19.8 Å². The highest BCUT2D eigenvalue weighted by Gasteiger charge is 2.33. The third-order valence-electron chi connectivity index (χ3n) is 3.44. The zero-order chi connectivity index (χ0) is 10.7. The van der Waals surface area contributed by atoms with E-state index >= 15 is 0 Å². The molecular formula is C13H19NO. The van der Waals surface area contributed by atoms with Crippen LogP contribution in [0.1, 0.15) is 17.5 Å². The molecule has 1 atom stereocenters. The normalized spacial score (nSPS) is 25.7. The fourth-order valence-electron chi connectivity index (χ4n) is 2.23. The van der Waals surface area contributed by atoms with Crippen molar-refractivity contribution in [1.29, 1.82) is 0 Å². The molecule has 0 radical (unpaired) electrons. The zero-order valence-electron chi connectivity index (χ0n) is 9.33. The van der Waals surface area contributed by atoms with Crippen LogP contribution in [0.5, 0.6) is 0 Å². The Kier molecular flexibility index (Phi) is 3.08. The SMILES string of the molecule is Cc1ccccc1CC1(CN)CCOC1. The van der Waals surface area contributed by atoms with Crippen molar-refractivity contribution in [1.82, 2.24) is 0 Å². The highest BCUT2D eigenvalue weighted by molar-refractivity contribution is 5.27. The molecule has 1 saturated heterocycles. The van der Waals surface area contributed by atoms with Gasteiger partial charge in [0.05, 0.1) is 6.61 Å². The number of ether oxygens (including phenoxy) is 1. The molecule has 0 spiro atoms. The zero-order valence-corrected chi connectivity index (χ0v) is 9.33. The van der Waals surface area contributed by atoms with E-state index in [0.29, 0.717) is 0 Å². The molecule has 15 heavy (non-hydrogen) atoms. The molecule has 2 rings (SSSR count). The standard InChI is InChI=1S/C13H19NO/c1-11-4-2-3-5-12(11)8-13(9-14)6-7-15-10-13/h2-5H,6-10,14H2,1H3. The summed E-state index contributed by atoms with van der Waals surface area (Å²) in [5.41, 5.74) is 8.84. The Morgan fingerprint density at radius 2 is 2.20 bits per heavy atom. The average Bonchev–Trinajstić information content (AvgIpc) is 2.71. The minimum atomic E-state index is 0.187. The van der Waals surface area contributed by atoms with Crippen molar-refractivity contribution in [2.24, 2.45) is 11.1 Å². The van der Waals surface area contributed by atoms with Gasteiger partial charge in [0.15, 0.2) is 0 Å². The quantitative estimate of drug-likeness (QED) is 0.818. The van der Waals surface area contributed by atoms with Gasteiger partial charge < -0.3 is 10.5 Å². The Morgan fingerprint density at radius 1 is 1.40 bits per heavy atom. The molecule has 1 aromatic rings. The van der Waals surface area contributed by atoms with Gasteiger partial charge in [0.1, 0.15) is 0 Å². The smallest absolute Gasteiger partial charge is 0.0538 e. The van der Waals surface area contributed by atoms with Crippen LogP contribution in [0, 0.1) is 12.3 Å². The van der Waals surface area contributed by atoms with Crippen LogP contribution in [0.25, 0.3) is 0 Å². The molecule has 1 fully saturated rings. The molecular weight excluding hydrogens is 186 g/mol. The summed E-state index contributed by atoms with van der Waals surface area (Å²) in [5, 5.41) is 0. The van der Waals surface area contributed by atoms with Crippen molar-refractivity contribution in [3.05, 3.63) is 35.4 Å². The minimum Gasteiger partial charge on any atom is -0.381 e. The van der Waals surface area contributed by atoms with Crippen LogP contribution in [0.2, 0.25) is 0 Å². The summed E-state index contributed by atoms with van der Waals surface area (Å²) in [6, 6.07) is 8.54. The molecule has 0 aliphatic carbocycles. The third-order valence-corrected chi connectivity index (χ3v) is 3.44. The Balaban J connectivity index is 2.16. The van der Waals surface area contributed by atoms with E-state index in [1.165, 1.54) is 11.1 Å². The first-order chi connectivity index (χ1) is 7.26. The second-order valence-electron chi connectivity index (χ2n) is 4.61. The summed E-state index contributed by atoms with van der Waals surface area (Å²) in [7, 11) is 0. The lowest BCUT2D eigenvalue weighted by Gasteiger charge is -2.26. The summed E-state index contributed by atoms with van der Waals surface area (Å²) < 4.78 is 5.48. The molecule has 1 aliphatic rings. The predicted molar refractivity (Wildman–Crippen MR) is 61.8 cm³/mol. The monoisotopic (exact) mass is 205 g/mol. The van der Waals surface area contributed by atoms with Crippen molar-refractivity contribution in [3.63, 3.8) is 0 Å². The summed E-state index contributed by atoms with van der Waals surface area (Å²) in [4.78, 5) is 0. The van der Waals surface area contributed by atoms with Gasteiger partial charge >= 0.3 is 0 Å². The van der Waals surface area contributed by atoms with Crippen molar-refractivity contribution >= 4 is 0 Å². The number of benzene rings is 1. The first-order valence-electron chi connectivity index (χ1n) is 5.58. The van der Waals surface area contributed by atoms with E-state index < -0.39 is 0 Å². The van der Waals surface area contributed by atoms with Crippen molar-refractivity contribution in [2.75, 3.05) is 19.8 Å². The molecule has 2 nitrogen and oxygen atoms in total. The fraction of sp³-hybridized carbons (Fsp3) is 0.538. The van der Waals surface area contributed by atoms with Gasteiger partial charge in [-0.3, -0.25) is 0 Å². The molecule has 0 aromatic heterocycles. The summed E-state index contributed by atoms with van der Waals surface area (Å²) in [6.07, 6.45) is 2.15. The maximum Gasteiger partial charge on any atom is 0.0538 e. The van der Waals surface area contributed by atoms with Crippen LogP contribution in [0.15, 0.2) is 24.3 Å². The predicted octanol–water partition coefficient (Wildman–Crippen LogP) is 1.90. The maximum absolute atomic E-state index is 5.89. The number of hydrogen-bond acceptors (Lipinski definition) is 2. The molecule has 1 unspecified atom stereocenters. The molecule has 0 saturated carbocycles. The first-order valence-corrected chi connectivity index (χ1v) is 5.58. The average molecular weight is 205 g/mol. The van der Waals surface area contributed by atoms with Gasteiger partial charge in [0.2, 0.25) is 0 Å². The van der Waals surface area contributed by atoms with E-state index in [2.05, 4.69) is 31.2 Å². The minimum absolute atomic E-state index is 0.187. The molecule has 0 amide bonds.